The first-order valence-electron chi connectivity index (χ1n) is 7.64. The van der Waals surface area contributed by atoms with Crippen LogP contribution < -0.4 is 5.32 Å². The van der Waals surface area contributed by atoms with E-state index in [2.05, 4.69) is 5.32 Å². The van der Waals surface area contributed by atoms with Crippen molar-refractivity contribution < 1.29 is 15.3 Å². The van der Waals surface area contributed by atoms with Crippen molar-refractivity contribution in [2.75, 3.05) is 0 Å². The fraction of sp³-hybridized carbons (Fsp3) is 0.625. The number of aliphatic hydroxyl groups excluding tert-OH is 1. The number of aliphatic hydroxyl groups is 1. The van der Waals surface area contributed by atoms with Crippen LogP contribution in [0.4, 0.5) is 0 Å². The van der Waals surface area contributed by atoms with Crippen LogP contribution in [0.5, 0.6) is 11.5 Å². The van der Waals surface area contributed by atoms with Gasteiger partial charge in [-0.3, -0.25) is 0 Å². The summed E-state index contributed by atoms with van der Waals surface area (Å²) < 4.78 is 0. The Morgan fingerprint density at radius 2 is 1.71 bits per heavy atom. The van der Waals surface area contributed by atoms with E-state index >= 15 is 0 Å². The minimum Gasteiger partial charge on any atom is -0.504 e. The topological polar surface area (TPSA) is 72.7 Å². The summed E-state index contributed by atoms with van der Waals surface area (Å²) in [6.07, 6.45) is 7.12. The van der Waals surface area contributed by atoms with E-state index in [9.17, 15) is 15.3 Å². The van der Waals surface area contributed by atoms with E-state index in [-0.39, 0.29) is 34.5 Å². The molecule has 1 aromatic rings. The van der Waals surface area contributed by atoms with Gasteiger partial charge in [-0.1, -0.05) is 25.3 Å². The lowest BCUT2D eigenvalue weighted by atomic mass is 9.84. The Labute approximate surface area is 136 Å². The molecule has 1 aromatic carbocycles. The minimum atomic E-state index is -0.604. The molecular formula is C16H24BrNO3. The van der Waals surface area contributed by atoms with Gasteiger partial charge in [0.1, 0.15) is 0 Å². The van der Waals surface area contributed by atoms with E-state index in [1.807, 2.05) is 0 Å². The Bertz CT molecular complexity index is 489. The van der Waals surface area contributed by atoms with Gasteiger partial charge in [-0.25, -0.2) is 0 Å². The molecule has 4 nitrogen and oxygen atoms in total. The Balaban J connectivity index is 0.00000161. The monoisotopic (exact) mass is 357 g/mol. The Morgan fingerprint density at radius 1 is 1.00 bits per heavy atom. The Morgan fingerprint density at radius 3 is 2.43 bits per heavy atom. The number of rotatable bonds is 2. The van der Waals surface area contributed by atoms with E-state index in [4.69, 9.17) is 0 Å². The number of hydrogen-bond donors (Lipinski definition) is 4. The Kier molecular flexibility index (Phi) is 5.52. The fourth-order valence-electron chi connectivity index (χ4n) is 3.60. The molecule has 0 radical (unpaired) electrons. The summed E-state index contributed by atoms with van der Waals surface area (Å²) in [7, 11) is 0. The second-order valence-electron chi connectivity index (χ2n) is 6.09. The predicted octanol–water partition coefficient (Wildman–Crippen LogP) is 2.95. The normalized spacial score (nSPS) is 26.0. The number of aromatic hydroxyl groups is 2. The van der Waals surface area contributed by atoms with Crippen molar-refractivity contribution in [3.05, 3.63) is 23.3 Å². The maximum Gasteiger partial charge on any atom is 0.161 e. The first kappa shape index (κ1) is 16.6. The summed E-state index contributed by atoms with van der Waals surface area (Å²) in [5.41, 5.74) is 1.44. The number of nitrogens with one attached hydrogen (secondary N) is 1. The van der Waals surface area contributed by atoms with E-state index in [1.165, 1.54) is 38.2 Å². The van der Waals surface area contributed by atoms with Crippen molar-refractivity contribution in [3.63, 3.8) is 0 Å². The van der Waals surface area contributed by atoms with Crippen molar-refractivity contribution in [2.24, 2.45) is 0 Å². The van der Waals surface area contributed by atoms with Crippen molar-refractivity contribution in [1.82, 2.24) is 5.32 Å². The predicted molar refractivity (Wildman–Crippen MR) is 87.2 cm³/mol. The number of fused-ring (bicyclic) bond motifs is 1. The first-order valence-corrected chi connectivity index (χ1v) is 7.64. The number of benzene rings is 1. The largest absolute Gasteiger partial charge is 0.504 e. The molecule has 0 saturated heterocycles. The Hall–Kier alpha value is -0.780. The quantitative estimate of drug-likeness (QED) is 0.614. The highest BCUT2D eigenvalue weighted by Crippen LogP contribution is 2.40. The van der Waals surface area contributed by atoms with Gasteiger partial charge in [0.15, 0.2) is 11.5 Å². The maximum atomic E-state index is 10.5. The standard InChI is InChI=1S/C16H23NO3.BrH/c18-14-9-7-11-12(16(14)20)6-8-13(15(11)19)17-10-4-2-1-3-5-10;/h7,9-10,13,15,17-20H,1-6,8H2;1H. The third-order valence-corrected chi connectivity index (χ3v) is 4.76. The van der Waals surface area contributed by atoms with Crippen LogP contribution >= 0.6 is 17.0 Å². The smallest absolute Gasteiger partial charge is 0.161 e. The van der Waals surface area contributed by atoms with Gasteiger partial charge in [0.05, 0.1) is 6.10 Å². The average molecular weight is 358 g/mol. The molecule has 2 unspecified atom stereocenters. The van der Waals surface area contributed by atoms with Crippen LogP contribution in [0.25, 0.3) is 0 Å². The minimum absolute atomic E-state index is 0. The van der Waals surface area contributed by atoms with Crippen molar-refractivity contribution in [2.45, 2.75) is 63.1 Å². The average Bonchev–Trinajstić information content (AvgIpc) is 2.47. The summed E-state index contributed by atoms with van der Waals surface area (Å²) in [6, 6.07) is 3.75. The molecule has 0 aromatic heterocycles. The van der Waals surface area contributed by atoms with Gasteiger partial charge in [0.2, 0.25) is 0 Å². The maximum absolute atomic E-state index is 10.5. The van der Waals surface area contributed by atoms with Crippen LogP contribution in [0.15, 0.2) is 12.1 Å². The second-order valence-corrected chi connectivity index (χ2v) is 6.09. The van der Waals surface area contributed by atoms with Crippen LogP contribution in [0, 0.1) is 0 Å². The van der Waals surface area contributed by atoms with Crippen LogP contribution in [0.2, 0.25) is 0 Å². The highest BCUT2D eigenvalue weighted by Gasteiger charge is 2.31. The molecule has 1 saturated carbocycles. The van der Waals surface area contributed by atoms with Gasteiger partial charge < -0.3 is 20.6 Å². The zero-order chi connectivity index (χ0) is 14.1. The van der Waals surface area contributed by atoms with Gasteiger partial charge in [-0.2, -0.15) is 0 Å². The molecule has 0 spiro atoms. The van der Waals surface area contributed by atoms with E-state index in [0.717, 1.165) is 12.0 Å². The van der Waals surface area contributed by atoms with E-state index in [0.29, 0.717) is 18.0 Å². The van der Waals surface area contributed by atoms with Gasteiger partial charge in [0.25, 0.3) is 0 Å². The number of halogens is 1. The summed E-state index contributed by atoms with van der Waals surface area (Å²) in [4.78, 5) is 0. The molecular weight excluding hydrogens is 334 g/mol. The third kappa shape index (κ3) is 3.35. The van der Waals surface area contributed by atoms with E-state index in [1.54, 1.807) is 6.07 Å². The van der Waals surface area contributed by atoms with Crippen molar-refractivity contribution in [1.29, 1.82) is 0 Å². The molecule has 5 heteroatoms. The number of phenols is 2. The fourth-order valence-corrected chi connectivity index (χ4v) is 3.60. The molecule has 4 N–H and O–H groups in total. The SMILES string of the molecule is Br.Oc1ccc2c(c1O)CCC(NC1CCCCC1)C2O. The van der Waals surface area contributed by atoms with Gasteiger partial charge >= 0.3 is 0 Å². The molecule has 2 aliphatic rings. The van der Waals surface area contributed by atoms with Crippen molar-refractivity contribution in [3.8, 4) is 11.5 Å². The number of hydrogen-bond acceptors (Lipinski definition) is 4. The molecule has 2 aliphatic carbocycles. The summed E-state index contributed by atoms with van der Waals surface area (Å²) >= 11 is 0. The zero-order valence-corrected chi connectivity index (χ0v) is 13.8. The molecule has 0 amide bonds. The summed E-state index contributed by atoms with van der Waals surface area (Å²) in [6.45, 7) is 0. The molecule has 1 fully saturated rings. The highest BCUT2D eigenvalue weighted by molar-refractivity contribution is 8.93. The second kappa shape index (κ2) is 6.99. The van der Waals surface area contributed by atoms with E-state index < -0.39 is 6.10 Å². The molecule has 0 aliphatic heterocycles. The lowest BCUT2D eigenvalue weighted by Gasteiger charge is -2.35. The molecule has 118 valence electrons. The molecule has 0 bridgehead atoms. The van der Waals surface area contributed by atoms with Crippen LogP contribution in [0.3, 0.4) is 0 Å². The molecule has 3 rings (SSSR count). The third-order valence-electron chi connectivity index (χ3n) is 4.76. The van der Waals surface area contributed by atoms with Crippen LogP contribution in [-0.4, -0.2) is 27.4 Å². The van der Waals surface area contributed by atoms with Gasteiger partial charge in [0, 0.05) is 17.6 Å². The zero-order valence-electron chi connectivity index (χ0n) is 12.1. The highest BCUT2D eigenvalue weighted by atomic mass is 79.9. The molecule has 0 heterocycles. The lowest BCUT2D eigenvalue weighted by molar-refractivity contribution is 0.103. The summed E-state index contributed by atoms with van der Waals surface area (Å²) in [5, 5.41) is 33.5. The first-order chi connectivity index (χ1) is 9.66. The summed E-state index contributed by atoms with van der Waals surface area (Å²) in [5.74, 6) is -0.174. The molecule has 21 heavy (non-hydrogen) atoms. The number of phenolic OH excluding ortho intramolecular Hbond substituents is 2. The lowest BCUT2D eigenvalue weighted by Crippen LogP contribution is -2.44. The van der Waals surface area contributed by atoms with Gasteiger partial charge in [-0.05, 0) is 37.3 Å². The van der Waals surface area contributed by atoms with Crippen LogP contribution in [0.1, 0.15) is 55.8 Å². The molecule has 2 atom stereocenters. The van der Waals surface area contributed by atoms with Crippen LogP contribution in [-0.2, 0) is 6.42 Å². The van der Waals surface area contributed by atoms with Crippen molar-refractivity contribution >= 4 is 17.0 Å². The van der Waals surface area contributed by atoms with Gasteiger partial charge in [-0.15, -0.1) is 17.0 Å².